The predicted octanol–water partition coefficient (Wildman–Crippen LogP) is 4.19. The fourth-order valence-corrected chi connectivity index (χ4v) is 7.53. The van der Waals surface area contributed by atoms with Gasteiger partial charge in [0.15, 0.2) is 0 Å². The number of hydroxylamine groups is 1. The van der Waals surface area contributed by atoms with Crippen LogP contribution >= 0.6 is 11.6 Å². The molecule has 266 valence electrons. The second-order valence-corrected chi connectivity index (χ2v) is 16.4. The van der Waals surface area contributed by atoms with Crippen LogP contribution in [0.25, 0.3) is 5.70 Å². The number of halogens is 1. The Labute approximate surface area is 293 Å². The third kappa shape index (κ3) is 8.84. The Bertz CT molecular complexity index is 1490. The van der Waals surface area contributed by atoms with Crippen molar-refractivity contribution in [2.45, 2.75) is 128 Å². The minimum atomic E-state index is -1.07. The molecule has 12 heteroatoms. The molecule has 0 bridgehead atoms. The number of hydrogen-bond donors (Lipinski definition) is 4. The molecular weight excluding hydrogens is 646 g/mol. The van der Waals surface area contributed by atoms with E-state index in [2.05, 4.69) is 21.4 Å². The molecule has 1 saturated heterocycles. The number of carbonyl (C=O) groups excluding carboxylic acids is 5. The average molecular weight is 696 g/mol. The highest BCUT2D eigenvalue weighted by molar-refractivity contribution is 6.38. The van der Waals surface area contributed by atoms with E-state index in [9.17, 15) is 24.0 Å². The molecule has 1 spiro atoms. The van der Waals surface area contributed by atoms with Crippen LogP contribution in [0.4, 0.5) is 0 Å². The summed E-state index contributed by atoms with van der Waals surface area (Å²) in [6.07, 6.45) is 11.7. The van der Waals surface area contributed by atoms with E-state index >= 15 is 0 Å². The van der Waals surface area contributed by atoms with E-state index in [0.29, 0.717) is 29.5 Å². The molecular formula is C37H50ClN5O6. The number of likely N-dealkylation sites (tertiary alicyclic amines) is 1. The Morgan fingerprint density at radius 1 is 1.00 bits per heavy atom. The van der Waals surface area contributed by atoms with Crippen LogP contribution < -0.4 is 21.4 Å². The maximum Gasteiger partial charge on any atom is 0.289 e. The van der Waals surface area contributed by atoms with Crippen molar-refractivity contribution in [3.8, 4) is 0 Å². The van der Waals surface area contributed by atoms with Gasteiger partial charge in [0.1, 0.15) is 17.7 Å². The van der Waals surface area contributed by atoms with Crippen LogP contribution in [0.5, 0.6) is 0 Å². The first-order chi connectivity index (χ1) is 23.3. The largest absolute Gasteiger partial charge is 0.347 e. The quantitative estimate of drug-likeness (QED) is 0.240. The molecule has 4 N–H and O–H groups in total. The van der Waals surface area contributed by atoms with E-state index in [0.717, 1.165) is 56.9 Å². The van der Waals surface area contributed by atoms with Crippen molar-refractivity contribution in [2.75, 3.05) is 6.54 Å². The number of ketones is 1. The Hall–Kier alpha value is -3.44. The zero-order valence-electron chi connectivity index (χ0n) is 28.8. The summed E-state index contributed by atoms with van der Waals surface area (Å²) < 4.78 is 0. The highest BCUT2D eigenvalue weighted by Gasteiger charge is 2.54. The number of Topliss-reactive ketones (excluding diaryl/α,β-unsaturated/α-hetero) is 1. The van der Waals surface area contributed by atoms with Gasteiger partial charge in [0.2, 0.25) is 23.5 Å². The van der Waals surface area contributed by atoms with Gasteiger partial charge in [0, 0.05) is 29.5 Å². The maximum atomic E-state index is 14.6. The summed E-state index contributed by atoms with van der Waals surface area (Å²) in [6, 6.07) is 4.35. The van der Waals surface area contributed by atoms with Crippen LogP contribution in [0.2, 0.25) is 5.02 Å². The van der Waals surface area contributed by atoms with Gasteiger partial charge in [0.25, 0.3) is 5.91 Å². The van der Waals surface area contributed by atoms with Crippen molar-refractivity contribution in [2.24, 2.45) is 17.3 Å². The molecule has 0 aromatic heterocycles. The van der Waals surface area contributed by atoms with Crippen molar-refractivity contribution < 1.29 is 28.8 Å². The van der Waals surface area contributed by atoms with Crippen molar-refractivity contribution in [1.82, 2.24) is 26.3 Å². The first-order valence-corrected chi connectivity index (χ1v) is 18.4. The molecule has 11 nitrogen and oxygen atoms in total. The second kappa shape index (κ2) is 14.4. The number of carbonyl (C=O) groups is 5. The Morgan fingerprint density at radius 3 is 2.39 bits per heavy atom. The SMILES string of the molecule is CC(C)(C)[C@H](NC(=O)CC1CCCCC1)C(=O)N1C[C@@]2(C=C(c3cccc(Cl)c3)NO2)C[C@H]1C(=O)N[C@@H](CC1CC1)C(=O)C(=O)NC1CC1. The van der Waals surface area contributed by atoms with Gasteiger partial charge < -0.3 is 20.9 Å². The summed E-state index contributed by atoms with van der Waals surface area (Å²) in [5.41, 5.74) is 2.68. The Kier molecular flexibility index (Phi) is 10.4. The first-order valence-electron chi connectivity index (χ1n) is 18.0. The molecule has 0 radical (unpaired) electrons. The number of nitrogens with zero attached hydrogens (tertiary/aromatic N) is 1. The molecule has 1 aromatic carbocycles. The third-order valence-electron chi connectivity index (χ3n) is 10.5. The molecule has 1 aromatic rings. The zero-order chi connectivity index (χ0) is 34.9. The van der Waals surface area contributed by atoms with Crippen LogP contribution in [0.15, 0.2) is 30.3 Å². The molecule has 6 rings (SSSR count). The van der Waals surface area contributed by atoms with Gasteiger partial charge in [-0.3, -0.25) is 34.3 Å². The standard InChI is InChI=1S/C37H50ClN5O6/c1-36(2,3)32(41-30(44)17-22-8-5-4-6-9-22)35(48)43-21-37(19-28(42-49-37)24-10-7-11-25(38)18-24)20-29(43)33(46)40-27(16-23-12-13-23)31(45)34(47)39-26-14-15-26/h7,10-11,18-19,22-23,26-27,29,32,42H,4-6,8-9,12-17,20-21H2,1-3H3,(H,39,47)(H,40,46)(H,41,44)/t27-,29-,32+,37+/m0/s1. The van der Waals surface area contributed by atoms with Gasteiger partial charge in [-0.15, -0.1) is 0 Å². The van der Waals surface area contributed by atoms with E-state index in [-0.39, 0.29) is 30.8 Å². The third-order valence-corrected chi connectivity index (χ3v) is 10.7. The highest BCUT2D eigenvalue weighted by atomic mass is 35.5. The molecule has 4 fully saturated rings. The van der Waals surface area contributed by atoms with E-state index in [1.165, 1.54) is 11.3 Å². The van der Waals surface area contributed by atoms with Crippen molar-refractivity contribution in [3.05, 3.63) is 40.9 Å². The smallest absolute Gasteiger partial charge is 0.289 e. The molecule has 4 atom stereocenters. The number of benzene rings is 1. The predicted molar refractivity (Wildman–Crippen MR) is 185 cm³/mol. The normalized spacial score (nSPS) is 25.3. The van der Waals surface area contributed by atoms with Gasteiger partial charge in [-0.05, 0) is 67.6 Å². The summed E-state index contributed by atoms with van der Waals surface area (Å²) >= 11 is 6.26. The van der Waals surface area contributed by atoms with Gasteiger partial charge in [0.05, 0.1) is 18.3 Å². The van der Waals surface area contributed by atoms with Crippen molar-refractivity contribution >= 4 is 46.7 Å². The second-order valence-electron chi connectivity index (χ2n) is 16.0. The molecule has 3 saturated carbocycles. The Balaban J connectivity index is 1.26. The summed E-state index contributed by atoms with van der Waals surface area (Å²) in [7, 11) is 0. The minimum absolute atomic E-state index is 0.00618. The van der Waals surface area contributed by atoms with E-state index < -0.39 is 52.6 Å². The highest BCUT2D eigenvalue weighted by Crippen LogP contribution is 2.40. The van der Waals surface area contributed by atoms with Crippen LogP contribution in [0.3, 0.4) is 0 Å². The summed E-state index contributed by atoms with van der Waals surface area (Å²) in [4.78, 5) is 76.0. The monoisotopic (exact) mass is 695 g/mol. The van der Waals surface area contributed by atoms with Crippen LogP contribution in [-0.4, -0.2) is 70.6 Å². The average Bonchev–Trinajstić information content (AvgIpc) is 3.99. The molecule has 2 aliphatic heterocycles. The zero-order valence-corrected chi connectivity index (χ0v) is 29.6. The van der Waals surface area contributed by atoms with Gasteiger partial charge in [-0.25, -0.2) is 0 Å². The molecule has 4 amide bonds. The lowest BCUT2D eigenvalue weighted by Gasteiger charge is -2.36. The van der Waals surface area contributed by atoms with E-state index in [1.54, 1.807) is 12.1 Å². The van der Waals surface area contributed by atoms with Crippen LogP contribution in [0.1, 0.15) is 103 Å². The molecule has 2 heterocycles. The van der Waals surface area contributed by atoms with Crippen LogP contribution in [-0.2, 0) is 28.8 Å². The lowest BCUT2D eigenvalue weighted by atomic mass is 9.84. The Morgan fingerprint density at radius 2 is 1.73 bits per heavy atom. The fraction of sp³-hybridized carbons (Fsp3) is 0.649. The number of amides is 4. The van der Waals surface area contributed by atoms with E-state index in [4.69, 9.17) is 16.4 Å². The fourth-order valence-electron chi connectivity index (χ4n) is 7.34. The summed E-state index contributed by atoms with van der Waals surface area (Å²) in [5.74, 6) is -1.90. The molecule has 0 unspecified atom stereocenters. The van der Waals surface area contributed by atoms with E-state index in [1.807, 2.05) is 39.0 Å². The lowest BCUT2D eigenvalue weighted by Crippen LogP contribution is -2.59. The first kappa shape index (κ1) is 35.4. The molecule has 3 aliphatic carbocycles. The van der Waals surface area contributed by atoms with Crippen molar-refractivity contribution in [1.29, 1.82) is 0 Å². The summed E-state index contributed by atoms with van der Waals surface area (Å²) in [5, 5.41) is 9.21. The van der Waals surface area contributed by atoms with Crippen molar-refractivity contribution in [3.63, 3.8) is 0 Å². The maximum absolute atomic E-state index is 14.6. The lowest BCUT2D eigenvalue weighted by molar-refractivity contribution is -0.145. The minimum Gasteiger partial charge on any atom is -0.347 e. The topological polar surface area (TPSA) is 146 Å². The van der Waals surface area contributed by atoms with Gasteiger partial charge >= 0.3 is 0 Å². The van der Waals surface area contributed by atoms with Gasteiger partial charge in [-0.1, -0.05) is 76.6 Å². The number of hydrogen-bond acceptors (Lipinski definition) is 7. The number of nitrogens with one attached hydrogen (secondary N) is 4. The van der Waals surface area contributed by atoms with Crippen LogP contribution in [0, 0.1) is 17.3 Å². The van der Waals surface area contributed by atoms with Gasteiger partial charge in [-0.2, -0.15) is 0 Å². The number of rotatable bonds is 12. The molecule has 49 heavy (non-hydrogen) atoms. The summed E-state index contributed by atoms with van der Waals surface area (Å²) in [6.45, 7) is 5.72. The molecule has 5 aliphatic rings.